The van der Waals surface area contributed by atoms with Crippen molar-refractivity contribution >= 4 is 70.1 Å². The number of carbonyl (C=O) groups is 7. The summed E-state index contributed by atoms with van der Waals surface area (Å²) in [7, 11) is 0. The average Bonchev–Trinajstić information content (AvgIpc) is 3.79. The highest BCUT2D eigenvalue weighted by Gasteiger charge is 2.34. The molecule has 4 rings (SSSR count). The number of phenols is 2. The van der Waals surface area contributed by atoms with Gasteiger partial charge in [0.15, 0.2) is 17.9 Å². The number of nitrogens with one attached hydrogen (secondary N) is 7. The molecule has 23 N–H and O–H groups in total. The largest absolute Gasteiger partial charge is 0.508 e. The minimum atomic E-state index is -1.47. The quantitative estimate of drug-likeness (QED) is 0.0142. The molecule has 1 heterocycles. The Hall–Kier alpha value is -9.10. The molecular formula is C50H71N17O9. The number of fused-ring (bicyclic) bond motifs is 1. The van der Waals surface area contributed by atoms with Crippen LogP contribution in [0.15, 0.2) is 94.0 Å². The molecule has 6 atom stereocenters. The van der Waals surface area contributed by atoms with Crippen molar-refractivity contribution in [3.63, 3.8) is 0 Å². The third kappa shape index (κ3) is 20.4. The highest BCUT2D eigenvalue weighted by atomic mass is 16.3. The van der Waals surface area contributed by atoms with E-state index in [4.69, 9.17) is 40.1 Å². The summed E-state index contributed by atoms with van der Waals surface area (Å²) in [6.07, 6.45) is 1.97. The maximum atomic E-state index is 14.7. The number of primary amides is 1. The number of nitrogens with zero attached hydrogens (tertiary/aromatic N) is 3. The zero-order chi connectivity index (χ0) is 55.7. The van der Waals surface area contributed by atoms with E-state index in [0.29, 0.717) is 16.7 Å². The number of carbonyl (C=O) groups excluding carboxylic acids is 7. The van der Waals surface area contributed by atoms with Crippen LogP contribution in [0.1, 0.15) is 68.6 Å². The summed E-state index contributed by atoms with van der Waals surface area (Å²) < 4.78 is 0. The van der Waals surface area contributed by atoms with Gasteiger partial charge >= 0.3 is 0 Å². The van der Waals surface area contributed by atoms with Crippen LogP contribution < -0.4 is 72.0 Å². The molecule has 0 aliphatic rings. The molecule has 0 radical (unpaired) electrons. The number of amides is 7. The number of nitrogens with two attached hydrogens (primary N) is 7. The molecule has 1 aromatic heterocycles. The molecule has 7 amide bonds. The predicted octanol–water partition coefficient (Wildman–Crippen LogP) is -2.43. The Morgan fingerprint density at radius 2 is 0.855 bits per heavy atom. The van der Waals surface area contributed by atoms with E-state index in [1.165, 1.54) is 48.5 Å². The molecular weight excluding hydrogens is 983 g/mol. The molecule has 0 spiro atoms. The number of benzene rings is 3. The summed E-state index contributed by atoms with van der Waals surface area (Å²) in [5.74, 6) is -6.06. The van der Waals surface area contributed by atoms with Gasteiger partial charge in [0.25, 0.3) is 0 Å². The number of aromatic amines is 1. The minimum Gasteiger partial charge on any atom is -0.508 e. The molecule has 3 aromatic carbocycles. The smallest absolute Gasteiger partial charge is 0.243 e. The van der Waals surface area contributed by atoms with Crippen LogP contribution in [0, 0.1) is 0 Å². The van der Waals surface area contributed by atoms with Crippen molar-refractivity contribution in [1.82, 2.24) is 36.9 Å². The third-order valence-corrected chi connectivity index (χ3v) is 11.9. The van der Waals surface area contributed by atoms with Crippen LogP contribution >= 0.6 is 0 Å². The van der Waals surface area contributed by atoms with Gasteiger partial charge in [0.05, 0.1) is 0 Å². The number of para-hydroxylation sites is 1. The van der Waals surface area contributed by atoms with Crippen molar-refractivity contribution in [2.75, 3.05) is 19.6 Å². The van der Waals surface area contributed by atoms with E-state index >= 15 is 0 Å². The van der Waals surface area contributed by atoms with Crippen LogP contribution in [0.5, 0.6) is 11.5 Å². The molecule has 410 valence electrons. The van der Waals surface area contributed by atoms with E-state index in [2.05, 4.69) is 51.9 Å². The zero-order valence-corrected chi connectivity index (χ0v) is 42.3. The summed E-state index contributed by atoms with van der Waals surface area (Å²) in [6.45, 7) is 1.92. The molecule has 0 unspecified atom stereocenters. The number of aromatic nitrogens is 1. The number of aliphatic imine (C=N–C) groups is 3. The lowest BCUT2D eigenvalue weighted by atomic mass is 10.0. The third-order valence-electron chi connectivity index (χ3n) is 11.9. The normalized spacial score (nSPS) is 13.2. The molecule has 26 heteroatoms. The van der Waals surface area contributed by atoms with Gasteiger partial charge in [0.1, 0.15) is 47.8 Å². The van der Waals surface area contributed by atoms with Gasteiger partial charge in [-0.3, -0.25) is 48.5 Å². The highest BCUT2D eigenvalue weighted by Crippen LogP contribution is 2.20. The van der Waals surface area contributed by atoms with Gasteiger partial charge < -0.3 is 87.2 Å². The van der Waals surface area contributed by atoms with Gasteiger partial charge in [0.2, 0.25) is 41.4 Å². The van der Waals surface area contributed by atoms with Crippen LogP contribution in [0.25, 0.3) is 10.9 Å². The van der Waals surface area contributed by atoms with E-state index < -0.39 is 77.6 Å². The van der Waals surface area contributed by atoms with E-state index in [0.717, 1.165) is 10.9 Å². The number of phenolic OH excluding ortho intramolecular Hbond substituents is 2. The minimum absolute atomic E-state index is 0.0294. The summed E-state index contributed by atoms with van der Waals surface area (Å²) in [6, 6.07) is 10.9. The fourth-order valence-electron chi connectivity index (χ4n) is 7.88. The molecule has 0 saturated carbocycles. The predicted molar refractivity (Wildman–Crippen MR) is 286 cm³/mol. The lowest BCUT2D eigenvalue weighted by Crippen LogP contribution is -2.60. The Labute approximate surface area is 438 Å². The Morgan fingerprint density at radius 1 is 0.487 bits per heavy atom. The monoisotopic (exact) mass is 1050 g/mol. The lowest BCUT2D eigenvalue weighted by molar-refractivity contribution is -0.135. The first-order chi connectivity index (χ1) is 36.2. The second-order valence-corrected chi connectivity index (χ2v) is 17.8. The van der Waals surface area contributed by atoms with E-state index in [1.54, 1.807) is 19.2 Å². The van der Waals surface area contributed by atoms with Gasteiger partial charge in [-0.15, -0.1) is 0 Å². The van der Waals surface area contributed by atoms with E-state index in [-0.39, 0.29) is 113 Å². The molecule has 0 fully saturated rings. The molecule has 76 heavy (non-hydrogen) atoms. The van der Waals surface area contributed by atoms with Crippen LogP contribution in [0.4, 0.5) is 0 Å². The van der Waals surface area contributed by atoms with E-state index in [1.807, 2.05) is 18.2 Å². The number of aromatic hydroxyl groups is 2. The molecule has 4 aromatic rings. The van der Waals surface area contributed by atoms with Crippen LogP contribution in [0.2, 0.25) is 0 Å². The summed E-state index contributed by atoms with van der Waals surface area (Å²) in [5.41, 5.74) is 41.0. The second kappa shape index (κ2) is 30.2. The van der Waals surface area contributed by atoms with Gasteiger partial charge in [-0.05, 0) is 85.5 Å². The van der Waals surface area contributed by atoms with Crippen molar-refractivity contribution in [2.24, 2.45) is 55.1 Å². The first kappa shape index (κ1) is 59.5. The fourth-order valence-corrected chi connectivity index (χ4v) is 7.88. The van der Waals surface area contributed by atoms with Crippen molar-refractivity contribution in [1.29, 1.82) is 0 Å². The van der Waals surface area contributed by atoms with Crippen LogP contribution in [-0.2, 0) is 52.8 Å². The summed E-state index contributed by atoms with van der Waals surface area (Å²) in [4.78, 5) is 112. The topological polar surface area (TPSA) is 467 Å². The standard InChI is InChI=1S/C50H71N17O9/c1-2-41(70)62-36(11-6-22-59-49(54)55)43(72)65-39(25-29-15-19-32(69)20-16-29)46(75)66-38(24-28-13-17-31(68)18-14-28)45(74)64-37(12-7-23-60-50(56)57)44(73)67-40(26-30-27-61-34-9-4-3-8-33(30)34)47(76)63-35(42(51)71)10-5-21-58-48(52)53/h3-4,8-9,13-20,27,35-40,61,68-69H,2,5-7,10-12,21-26H2,1H3,(H2,51,71)(H,62,70)(H,63,76)(H,64,74)(H,65,72)(H,66,75)(H,67,73)(H4,52,53,58)(H4,54,55,59)(H4,56,57,60)/t35-,36-,37-,38-,39-,40-/m0/s1. The Morgan fingerprint density at radius 3 is 1.28 bits per heavy atom. The van der Waals surface area contributed by atoms with Gasteiger partial charge in [-0.25, -0.2) is 0 Å². The van der Waals surface area contributed by atoms with Gasteiger partial charge in [-0.2, -0.15) is 0 Å². The highest BCUT2D eigenvalue weighted by molar-refractivity contribution is 5.97. The SMILES string of the molecule is CCC(=O)N[C@@H](CCCN=C(N)N)C(=O)N[C@@H](Cc1ccc(O)cc1)C(=O)N[C@@H](Cc1ccc(O)cc1)C(=O)N[C@@H](CCCN=C(N)N)C(=O)N[C@@H](Cc1c[nH]c2ccccc12)C(=O)N[C@@H](CCCN=C(N)N)C(N)=O. The number of hydrogen-bond donors (Lipinski definition) is 16. The summed E-state index contributed by atoms with van der Waals surface area (Å²) >= 11 is 0. The summed E-state index contributed by atoms with van der Waals surface area (Å²) in [5, 5.41) is 37.1. The van der Waals surface area contributed by atoms with Crippen molar-refractivity contribution in [3.05, 3.63) is 95.7 Å². The van der Waals surface area contributed by atoms with Gasteiger partial charge in [0, 0.05) is 62.4 Å². The van der Waals surface area contributed by atoms with Crippen molar-refractivity contribution < 1.29 is 43.8 Å². The number of H-pyrrole nitrogens is 1. The van der Waals surface area contributed by atoms with Crippen molar-refractivity contribution in [2.45, 2.75) is 107 Å². The molecule has 0 aliphatic carbocycles. The Kier molecular flexibility index (Phi) is 23.6. The first-order valence-electron chi connectivity index (χ1n) is 24.6. The Bertz CT molecular complexity index is 2680. The number of hydrogen-bond acceptors (Lipinski definition) is 12. The van der Waals surface area contributed by atoms with Crippen LogP contribution in [0.3, 0.4) is 0 Å². The second-order valence-electron chi connectivity index (χ2n) is 17.8. The average molecular weight is 1050 g/mol. The zero-order valence-electron chi connectivity index (χ0n) is 42.3. The maximum Gasteiger partial charge on any atom is 0.243 e. The molecule has 0 bridgehead atoms. The lowest BCUT2D eigenvalue weighted by Gasteiger charge is -2.28. The number of guanidine groups is 3. The van der Waals surface area contributed by atoms with Crippen molar-refractivity contribution in [3.8, 4) is 11.5 Å². The van der Waals surface area contributed by atoms with Crippen LogP contribution in [-0.4, -0.2) is 130 Å². The first-order valence-corrected chi connectivity index (χ1v) is 24.6. The fraction of sp³-hybridized carbons (Fsp3) is 0.400. The number of rotatable bonds is 31. The van der Waals surface area contributed by atoms with Gasteiger partial charge in [-0.1, -0.05) is 49.4 Å². The molecule has 0 aliphatic heterocycles. The Balaban J connectivity index is 1.71. The van der Waals surface area contributed by atoms with E-state index in [9.17, 15) is 43.8 Å². The molecule has 0 saturated heterocycles. The molecule has 26 nitrogen and oxygen atoms in total. The maximum absolute atomic E-state index is 14.7.